The van der Waals surface area contributed by atoms with Crippen LogP contribution in [0.1, 0.15) is 13.8 Å². The van der Waals surface area contributed by atoms with Gasteiger partial charge in [-0.15, -0.1) is 0 Å². The van der Waals surface area contributed by atoms with Gasteiger partial charge in [0.25, 0.3) is 5.56 Å². The lowest BCUT2D eigenvalue weighted by Crippen LogP contribution is -2.32. The van der Waals surface area contributed by atoms with E-state index in [4.69, 9.17) is 0 Å². The van der Waals surface area contributed by atoms with E-state index >= 15 is 0 Å². The molecule has 1 aromatic heterocycles. The first kappa shape index (κ1) is 9.57. The van der Waals surface area contributed by atoms with Crippen LogP contribution in [0.25, 0.3) is 0 Å². The Kier molecular flexibility index (Phi) is 2.89. The van der Waals surface area contributed by atoms with Crippen molar-refractivity contribution in [3.05, 3.63) is 22.6 Å². The van der Waals surface area contributed by atoms with Crippen molar-refractivity contribution in [1.82, 2.24) is 15.1 Å². The van der Waals surface area contributed by atoms with Crippen LogP contribution in [0.4, 0.5) is 4.79 Å². The molecule has 0 aromatic carbocycles. The third-order valence-electron chi connectivity index (χ3n) is 1.49. The lowest BCUT2D eigenvalue weighted by atomic mass is 10.2. The van der Waals surface area contributed by atoms with E-state index < -0.39 is 0 Å². The molecule has 0 radical (unpaired) electrons. The number of nitrogens with zero attached hydrogens (tertiary/aromatic N) is 1. The van der Waals surface area contributed by atoms with E-state index in [1.54, 1.807) is 0 Å². The Balaban J connectivity index is 2.54. The molecule has 72 valence electrons. The maximum absolute atomic E-state index is 11.2. The molecule has 0 aliphatic heterocycles. The summed E-state index contributed by atoms with van der Waals surface area (Å²) in [6.07, 6.45) is 1.40. The highest BCUT2D eigenvalue weighted by Crippen LogP contribution is 1.87. The average Bonchev–Trinajstić information content (AvgIpc) is 2.47. The van der Waals surface area contributed by atoms with Gasteiger partial charge in [0.15, 0.2) is 0 Å². The molecule has 1 aromatic rings. The first-order valence-electron chi connectivity index (χ1n) is 4.15. The largest absolute Gasteiger partial charge is 0.340 e. The molecule has 0 saturated heterocycles. The number of hydrogen-bond acceptors (Lipinski definition) is 2. The molecular weight excluding hydrogens is 170 g/mol. The second-order valence-corrected chi connectivity index (χ2v) is 3.24. The number of H-pyrrole nitrogens is 1. The van der Waals surface area contributed by atoms with Crippen LogP contribution < -0.4 is 10.9 Å². The normalized spacial score (nSPS) is 10.4. The predicted octanol–water partition coefficient (Wildman–Crippen LogP) is 0.390. The van der Waals surface area contributed by atoms with E-state index in [0.29, 0.717) is 12.5 Å². The van der Waals surface area contributed by atoms with Crippen molar-refractivity contribution in [3.8, 4) is 0 Å². The number of aromatic nitrogens is 2. The second-order valence-electron chi connectivity index (χ2n) is 3.24. The summed E-state index contributed by atoms with van der Waals surface area (Å²) in [5.41, 5.74) is -0.278. The van der Waals surface area contributed by atoms with Crippen LogP contribution in [0.2, 0.25) is 0 Å². The van der Waals surface area contributed by atoms with Crippen molar-refractivity contribution >= 4 is 6.03 Å². The molecule has 13 heavy (non-hydrogen) atoms. The van der Waals surface area contributed by atoms with E-state index in [0.717, 1.165) is 4.68 Å². The van der Waals surface area contributed by atoms with Crippen LogP contribution in [0.3, 0.4) is 0 Å². The maximum atomic E-state index is 11.2. The van der Waals surface area contributed by atoms with Gasteiger partial charge in [0.2, 0.25) is 0 Å². The van der Waals surface area contributed by atoms with Gasteiger partial charge in [0.05, 0.1) is 0 Å². The molecule has 0 aliphatic rings. The van der Waals surface area contributed by atoms with Gasteiger partial charge in [0.1, 0.15) is 0 Å². The zero-order valence-electron chi connectivity index (χ0n) is 7.70. The van der Waals surface area contributed by atoms with E-state index in [-0.39, 0.29) is 11.6 Å². The van der Waals surface area contributed by atoms with Gasteiger partial charge in [-0.05, 0) is 5.92 Å². The van der Waals surface area contributed by atoms with E-state index in [1.165, 1.54) is 12.3 Å². The number of nitrogens with one attached hydrogen (secondary N) is 2. The molecular formula is C8H13N3O2. The van der Waals surface area contributed by atoms with Crippen molar-refractivity contribution in [2.45, 2.75) is 13.8 Å². The molecule has 5 nitrogen and oxygen atoms in total. The van der Waals surface area contributed by atoms with Gasteiger partial charge in [-0.3, -0.25) is 9.89 Å². The minimum absolute atomic E-state index is 0.278. The lowest BCUT2D eigenvalue weighted by molar-refractivity contribution is 0.238. The summed E-state index contributed by atoms with van der Waals surface area (Å²) in [6.45, 7) is 4.59. The van der Waals surface area contributed by atoms with Crippen LogP contribution in [0.5, 0.6) is 0 Å². The monoisotopic (exact) mass is 183 g/mol. The summed E-state index contributed by atoms with van der Waals surface area (Å²) in [5.74, 6) is 0.395. The molecule has 0 spiro atoms. The number of carbonyl (C=O) groups excluding carboxylic acids is 1. The van der Waals surface area contributed by atoms with E-state index in [2.05, 4.69) is 10.4 Å². The molecule has 1 amide bonds. The molecule has 5 heteroatoms. The Hall–Kier alpha value is -1.52. The summed E-state index contributed by atoms with van der Waals surface area (Å²) in [4.78, 5) is 21.9. The zero-order valence-corrected chi connectivity index (χ0v) is 7.70. The molecule has 1 rings (SSSR count). The van der Waals surface area contributed by atoms with Crippen LogP contribution in [0.15, 0.2) is 17.1 Å². The van der Waals surface area contributed by atoms with Crippen LogP contribution in [0, 0.1) is 5.92 Å². The topological polar surface area (TPSA) is 66.9 Å². The lowest BCUT2D eigenvalue weighted by Gasteiger charge is -2.06. The summed E-state index contributed by atoms with van der Waals surface area (Å²) >= 11 is 0. The van der Waals surface area contributed by atoms with E-state index in [1.807, 2.05) is 13.8 Å². The first-order valence-corrected chi connectivity index (χ1v) is 4.15. The van der Waals surface area contributed by atoms with Crippen molar-refractivity contribution in [2.24, 2.45) is 5.92 Å². The van der Waals surface area contributed by atoms with Crippen molar-refractivity contribution < 1.29 is 4.79 Å². The fraction of sp³-hybridized carbons (Fsp3) is 0.500. The maximum Gasteiger partial charge on any atom is 0.340 e. The van der Waals surface area contributed by atoms with Gasteiger partial charge < -0.3 is 5.32 Å². The second kappa shape index (κ2) is 3.93. The van der Waals surface area contributed by atoms with Gasteiger partial charge in [-0.25, -0.2) is 9.48 Å². The number of hydrogen-bond donors (Lipinski definition) is 2. The van der Waals surface area contributed by atoms with Gasteiger partial charge >= 0.3 is 6.03 Å². The quantitative estimate of drug-likeness (QED) is 0.696. The van der Waals surface area contributed by atoms with Crippen molar-refractivity contribution in [2.75, 3.05) is 6.54 Å². The highest BCUT2D eigenvalue weighted by molar-refractivity contribution is 5.75. The standard InChI is InChI=1S/C8H13N3O2/c1-6(2)5-9-8(13)11-4-3-7(12)10-11/h3-4,6H,5H2,1-2H3,(H,9,13)(H,10,12). The van der Waals surface area contributed by atoms with Crippen molar-refractivity contribution in [3.63, 3.8) is 0 Å². The SMILES string of the molecule is CC(C)CNC(=O)n1ccc(=O)[nH]1. The van der Waals surface area contributed by atoms with Gasteiger partial charge in [-0.1, -0.05) is 13.8 Å². The van der Waals surface area contributed by atoms with Crippen LogP contribution >= 0.6 is 0 Å². The minimum Gasteiger partial charge on any atom is -0.336 e. The molecule has 2 N–H and O–H groups in total. The predicted molar refractivity (Wildman–Crippen MR) is 48.7 cm³/mol. The molecule has 0 saturated carbocycles. The van der Waals surface area contributed by atoms with E-state index in [9.17, 15) is 9.59 Å². The number of rotatable bonds is 2. The Morgan fingerprint density at radius 1 is 1.69 bits per heavy atom. The first-order chi connectivity index (χ1) is 6.09. The molecule has 1 heterocycles. The van der Waals surface area contributed by atoms with Crippen molar-refractivity contribution in [1.29, 1.82) is 0 Å². The number of amides is 1. The Morgan fingerprint density at radius 3 is 2.85 bits per heavy atom. The molecule has 0 unspecified atom stereocenters. The highest BCUT2D eigenvalue weighted by Gasteiger charge is 2.03. The number of aromatic amines is 1. The third-order valence-corrected chi connectivity index (χ3v) is 1.49. The molecule has 0 bridgehead atoms. The number of carbonyl (C=O) groups is 1. The summed E-state index contributed by atoms with van der Waals surface area (Å²) in [6, 6.07) is 0.991. The molecule has 0 aliphatic carbocycles. The fourth-order valence-electron chi connectivity index (χ4n) is 0.831. The Morgan fingerprint density at radius 2 is 2.38 bits per heavy atom. The fourth-order valence-corrected chi connectivity index (χ4v) is 0.831. The Labute approximate surface area is 75.7 Å². The zero-order chi connectivity index (χ0) is 9.84. The molecule has 0 fully saturated rings. The summed E-state index contributed by atoms with van der Waals surface area (Å²) in [7, 11) is 0. The smallest absolute Gasteiger partial charge is 0.336 e. The van der Waals surface area contributed by atoms with Crippen LogP contribution in [-0.2, 0) is 0 Å². The Bertz CT molecular complexity index is 337. The summed E-state index contributed by atoms with van der Waals surface area (Å²) in [5, 5.41) is 5.01. The highest BCUT2D eigenvalue weighted by atomic mass is 16.2. The molecule has 0 atom stereocenters. The van der Waals surface area contributed by atoms with Crippen LogP contribution in [-0.4, -0.2) is 22.4 Å². The van der Waals surface area contributed by atoms with Gasteiger partial charge in [-0.2, -0.15) is 0 Å². The minimum atomic E-state index is -0.309. The summed E-state index contributed by atoms with van der Waals surface area (Å²) < 4.78 is 1.13. The third kappa shape index (κ3) is 2.77. The van der Waals surface area contributed by atoms with Gasteiger partial charge in [0, 0.05) is 18.8 Å². The average molecular weight is 183 g/mol.